The number of nitrogens with one attached hydrogen (secondary N) is 2. The van der Waals surface area contributed by atoms with Crippen LogP contribution in [0.2, 0.25) is 0 Å². The molecule has 0 spiro atoms. The van der Waals surface area contributed by atoms with Crippen LogP contribution in [0.4, 0.5) is 5.95 Å². The lowest BCUT2D eigenvalue weighted by atomic mass is 10.2. The molecule has 0 amide bonds. The third-order valence-corrected chi connectivity index (χ3v) is 4.59. The highest BCUT2D eigenvalue weighted by atomic mass is 16.5. The number of aromatic nitrogens is 6. The first kappa shape index (κ1) is 16.8. The Morgan fingerprint density at radius 3 is 3.04 bits per heavy atom. The van der Waals surface area contributed by atoms with Gasteiger partial charge in [0.2, 0.25) is 11.6 Å². The molecule has 9 nitrogen and oxygen atoms in total. The molecule has 4 rings (SSSR count). The van der Waals surface area contributed by atoms with Gasteiger partial charge in [-0.05, 0) is 33.1 Å². The Bertz CT molecular complexity index is 936. The molecule has 0 radical (unpaired) electrons. The van der Waals surface area contributed by atoms with Crippen LogP contribution in [-0.4, -0.2) is 48.4 Å². The molecule has 1 aliphatic heterocycles. The van der Waals surface area contributed by atoms with Crippen molar-refractivity contribution in [3.05, 3.63) is 29.1 Å². The average molecular weight is 357 g/mol. The van der Waals surface area contributed by atoms with Gasteiger partial charge >= 0.3 is 0 Å². The van der Waals surface area contributed by atoms with Crippen LogP contribution in [0.5, 0.6) is 0 Å². The molecular formula is C17H23N7O2. The molecule has 1 aliphatic rings. The van der Waals surface area contributed by atoms with E-state index in [-0.39, 0.29) is 11.6 Å². The first-order valence-corrected chi connectivity index (χ1v) is 8.99. The summed E-state index contributed by atoms with van der Waals surface area (Å²) in [6, 6.07) is -0.0301. The minimum atomic E-state index is -0.166. The Balaban J connectivity index is 1.66. The fraction of sp³-hybridized carbons (Fsp3) is 0.529. The number of aromatic amines is 1. The lowest BCUT2D eigenvalue weighted by molar-refractivity contribution is 0.107. The molecular weight excluding hydrogens is 334 g/mol. The molecule has 4 heterocycles. The van der Waals surface area contributed by atoms with Crippen LogP contribution in [0.25, 0.3) is 17.0 Å². The molecule has 3 aromatic rings. The van der Waals surface area contributed by atoms with Crippen molar-refractivity contribution in [3.63, 3.8) is 0 Å². The van der Waals surface area contributed by atoms with Gasteiger partial charge in [0.05, 0.1) is 30.5 Å². The lowest BCUT2D eigenvalue weighted by Crippen LogP contribution is -2.29. The third kappa shape index (κ3) is 3.10. The number of H-pyrrole nitrogens is 1. The van der Waals surface area contributed by atoms with E-state index >= 15 is 0 Å². The Morgan fingerprint density at radius 1 is 1.46 bits per heavy atom. The molecule has 0 aliphatic carbocycles. The van der Waals surface area contributed by atoms with Crippen LogP contribution in [0.1, 0.15) is 39.2 Å². The van der Waals surface area contributed by atoms with Gasteiger partial charge in [-0.1, -0.05) is 0 Å². The van der Waals surface area contributed by atoms with Gasteiger partial charge in [0.1, 0.15) is 5.69 Å². The smallest absolute Gasteiger partial charge is 0.298 e. The van der Waals surface area contributed by atoms with Gasteiger partial charge in [-0.15, -0.1) is 5.10 Å². The average Bonchev–Trinajstić information content (AvgIpc) is 3.35. The number of imidazole rings is 2. The molecule has 138 valence electrons. The Kier molecular flexibility index (Phi) is 4.46. The third-order valence-electron chi connectivity index (χ3n) is 4.59. The minimum absolute atomic E-state index is 0.0301. The van der Waals surface area contributed by atoms with Gasteiger partial charge in [0, 0.05) is 19.2 Å². The van der Waals surface area contributed by atoms with Crippen molar-refractivity contribution >= 4 is 11.6 Å². The first-order chi connectivity index (χ1) is 12.6. The van der Waals surface area contributed by atoms with Crippen molar-refractivity contribution < 1.29 is 4.74 Å². The lowest BCUT2D eigenvalue weighted by Gasteiger charge is -2.17. The molecule has 0 saturated carbocycles. The van der Waals surface area contributed by atoms with Gasteiger partial charge in [-0.3, -0.25) is 9.36 Å². The zero-order chi connectivity index (χ0) is 18.1. The van der Waals surface area contributed by atoms with Crippen LogP contribution in [-0.2, 0) is 4.74 Å². The normalized spacial score (nSPS) is 17.4. The van der Waals surface area contributed by atoms with E-state index in [9.17, 15) is 4.79 Å². The molecule has 26 heavy (non-hydrogen) atoms. The van der Waals surface area contributed by atoms with Gasteiger partial charge in [0.25, 0.3) is 5.56 Å². The van der Waals surface area contributed by atoms with Crippen molar-refractivity contribution in [1.29, 1.82) is 0 Å². The summed E-state index contributed by atoms with van der Waals surface area (Å²) in [4.78, 5) is 24.4. The highest BCUT2D eigenvalue weighted by Crippen LogP contribution is 2.18. The highest BCUT2D eigenvalue weighted by molar-refractivity contribution is 5.57. The quantitative estimate of drug-likeness (QED) is 0.698. The molecule has 1 unspecified atom stereocenters. The Morgan fingerprint density at radius 2 is 2.35 bits per heavy atom. The van der Waals surface area contributed by atoms with Gasteiger partial charge in [0.15, 0.2) is 0 Å². The standard InChI is InChI=1S/C17H23N7O2/c1-11(2)24-16(25)15-21-14(13-8-18-10-20-13)9-23(15)22-17(24)19-6-5-12-4-3-7-26-12/h8-12H,3-7H2,1-2H3,(H,18,20)(H,19,22). The van der Waals surface area contributed by atoms with E-state index in [2.05, 4.69) is 25.4 Å². The van der Waals surface area contributed by atoms with Crippen LogP contribution >= 0.6 is 0 Å². The Labute approximate surface area is 150 Å². The summed E-state index contributed by atoms with van der Waals surface area (Å²) in [5.41, 5.74) is 1.52. The van der Waals surface area contributed by atoms with Crippen molar-refractivity contribution in [3.8, 4) is 11.4 Å². The second-order valence-corrected chi connectivity index (χ2v) is 6.80. The molecule has 1 saturated heterocycles. The summed E-state index contributed by atoms with van der Waals surface area (Å²) in [5, 5.41) is 7.88. The van der Waals surface area contributed by atoms with Crippen LogP contribution in [0.15, 0.2) is 23.5 Å². The number of ether oxygens (including phenoxy) is 1. The summed E-state index contributed by atoms with van der Waals surface area (Å²) in [7, 11) is 0. The van der Waals surface area contributed by atoms with Gasteiger partial charge in [-0.2, -0.15) is 0 Å². The number of hydrogen-bond donors (Lipinski definition) is 2. The monoisotopic (exact) mass is 357 g/mol. The van der Waals surface area contributed by atoms with E-state index in [1.807, 2.05) is 13.8 Å². The fourth-order valence-electron chi connectivity index (χ4n) is 3.29. The topological polar surface area (TPSA) is 102 Å². The summed E-state index contributed by atoms with van der Waals surface area (Å²) < 4.78 is 8.83. The van der Waals surface area contributed by atoms with Crippen LogP contribution < -0.4 is 10.9 Å². The fourth-order valence-corrected chi connectivity index (χ4v) is 3.29. The zero-order valence-electron chi connectivity index (χ0n) is 15.0. The van der Waals surface area contributed by atoms with Crippen molar-refractivity contribution in [1.82, 2.24) is 29.1 Å². The second-order valence-electron chi connectivity index (χ2n) is 6.80. The molecule has 1 atom stereocenters. The number of nitrogens with zero attached hydrogens (tertiary/aromatic N) is 5. The molecule has 0 aromatic carbocycles. The van der Waals surface area contributed by atoms with Crippen molar-refractivity contribution in [2.45, 2.75) is 45.3 Å². The maximum absolute atomic E-state index is 12.9. The van der Waals surface area contributed by atoms with E-state index in [0.29, 0.717) is 29.9 Å². The zero-order valence-corrected chi connectivity index (χ0v) is 15.0. The Hall–Kier alpha value is -2.68. The van der Waals surface area contributed by atoms with E-state index in [4.69, 9.17) is 4.74 Å². The van der Waals surface area contributed by atoms with Gasteiger partial charge < -0.3 is 15.0 Å². The number of fused-ring (bicyclic) bond motifs is 1. The molecule has 0 bridgehead atoms. The maximum Gasteiger partial charge on any atom is 0.298 e. The molecule has 3 aromatic heterocycles. The molecule has 1 fully saturated rings. The summed E-state index contributed by atoms with van der Waals surface area (Å²) in [6.07, 6.45) is 8.40. The van der Waals surface area contributed by atoms with Gasteiger partial charge in [-0.25, -0.2) is 14.5 Å². The highest BCUT2D eigenvalue weighted by Gasteiger charge is 2.18. The van der Waals surface area contributed by atoms with Crippen LogP contribution in [0, 0.1) is 0 Å². The van der Waals surface area contributed by atoms with Crippen molar-refractivity contribution in [2.24, 2.45) is 0 Å². The first-order valence-electron chi connectivity index (χ1n) is 8.99. The predicted molar refractivity (Wildman–Crippen MR) is 97.3 cm³/mol. The SMILES string of the molecule is CC(C)n1c(NCCC2CCCO2)nn2cc(-c3cnc[nH]3)nc2c1=O. The van der Waals surface area contributed by atoms with E-state index < -0.39 is 0 Å². The van der Waals surface area contributed by atoms with E-state index in [1.54, 1.807) is 23.3 Å². The van der Waals surface area contributed by atoms with E-state index in [0.717, 1.165) is 31.6 Å². The largest absolute Gasteiger partial charge is 0.378 e. The summed E-state index contributed by atoms with van der Waals surface area (Å²) >= 11 is 0. The minimum Gasteiger partial charge on any atom is -0.378 e. The summed E-state index contributed by atoms with van der Waals surface area (Å²) in [6.45, 7) is 5.47. The molecule has 9 heteroatoms. The number of anilines is 1. The van der Waals surface area contributed by atoms with E-state index in [1.165, 1.54) is 4.52 Å². The van der Waals surface area contributed by atoms with Crippen molar-refractivity contribution in [2.75, 3.05) is 18.5 Å². The number of hydrogen-bond acceptors (Lipinski definition) is 6. The molecule has 2 N–H and O–H groups in total. The maximum atomic E-state index is 12.9. The predicted octanol–water partition coefficient (Wildman–Crippen LogP) is 1.84. The summed E-state index contributed by atoms with van der Waals surface area (Å²) in [5.74, 6) is 0.545. The van der Waals surface area contributed by atoms with Crippen LogP contribution in [0.3, 0.4) is 0 Å². The second kappa shape index (κ2) is 6.91. The number of rotatable bonds is 6.